The molecule has 3 atom stereocenters. The summed E-state index contributed by atoms with van der Waals surface area (Å²) >= 11 is 0. The van der Waals surface area contributed by atoms with Crippen molar-refractivity contribution in [3.05, 3.63) is 0 Å². The van der Waals surface area contributed by atoms with E-state index in [9.17, 15) is 4.79 Å². The lowest BCUT2D eigenvalue weighted by Gasteiger charge is -2.35. The molecule has 0 heterocycles. The highest BCUT2D eigenvalue weighted by Gasteiger charge is 2.52. The molecule has 0 N–H and O–H groups in total. The highest BCUT2D eigenvalue weighted by atomic mass is 16.1. The molecule has 0 aliphatic heterocycles. The quantitative estimate of drug-likeness (QED) is 0.652. The molecule has 2 bridgehead atoms. The predicted octanol–water partition coefficient (Wildman–Crippen LogP) is 3.18. The van der Waals surface area contributed by atoms with Gasteiger partial charge in [0.1, 0.15) is 5.78 Å². The van der Waals surface area contributed by atoms with Crippen LogP contribution in [0.4, 0.5) is 0 Å². The number of fused-ring (bicyclic) bond motifs is 2. The largest absolute Gasteiger partial charge is 0.299 e. The van der Waals surface area contributed by atoms with Crippen molar-refractivity contribution in [3.63, 3.8) is 0 Å². The molecule has 2 saturated carbocycles. The number of hydrogen-bond acceptors (Lipinski definition) is 1. The first-order valence-corrected chi connectivity index (χ1v) is 5.70. The molecule has 1 heteroatoms. The summed E-state index contributed by atoms with van der Waals surface area (Å²) in [5, 5.41) is 0. The van der Waals surface area contributed by atoms with Gasteiger partial charge in [-0.05, 0) is 44.4 Å². The van der Waals surface area contributed by atoms with Crippen molar-refractivity contribution in [2.45, 2.75) is 52.4 Å². The predicted molar refractivity (Wildman–Crippen MR) is 53.5 cm³/mol. The van der Waals surface area contributed by atoms with Gasteiger partial charge in [0.05, 0.1) is 0 Å². The van der Waals surface area contributed by atoms with E-state index in [-0.39, 0.29) is 5.41 Å². The molecular formula is C12H20O. The first kappa shape index (κ1) is 9.23. The summed E-state index contributed by atoms with van der Waals surface area (Å²) in [7, 11) is 0. The Kier molecular flexibility index (Phi) is 2.21. The summed E-state index contributed by atoms with van der Waals surface area (Å²) < 4.78 is 0. The molecule has 2 fully saturated rings. The second-order valence-corrected chi connectivity index (χ2v) is 5.04. The molecule has 0 aromatic carbocycles. The SMILES string of the molecule is CCCC1(C(C)=O)CC2CCC1C2. The molecule has 2 aliphatic carbocycles. The van der Waals surface area contributed by atoms with E-state index in [4.69, 9.17) is 0 Å². The van der Waals surface area contributed by atoms with Gasteiger partial charge >= 0.3 is 0 Å². The van der Waals surface area contributed by atoms with Crippen LogP contribution in [0.5, 0.6) is 0 Å². The summed E-state index contributed by atoms with van der Waals surface area (Å²) in [5.41, 5.74) is 0.123. The summed E-state index contributed by atoms with van der Waals surface area (Å²) in [6.07, 6.45) is 7.58. The molecule has 0 spiro atoms. The van der Waals surface area contributed by atoms with Crippen molar-refractivity contribution in [3.8, 4) is 0 Å². The highest BCUT2D eigenvalue weighted by Crippen LogP contribution is 2.58. The molecule has 74 valence electrons. The number of Topliss-reactive ketones (excluding diaryl/α,β-unsaturated/α-hetero) is 1. The third-order valence-corrected chi connectivity index (χ3v) is 4.37. The van der Waals surface area contributed by atoms with E-state index in [1.807, 2.05) is 6.92 Å². The molecule has 2 aliphatic rings. The van der Waals surface area contributed by atoms with Crippen LogP contribution in [-0.4, -0.2) is 5.78 Å². The van der Waals surface area contributed by atoms with Crippen molar-refractivity contribution >= 4 is 5.78 Å². The van der Waals surface area contributed by atoms with Crippen LogP contribution in [0.25, 0.3) is 0 Å². The lowest BCUT2D eigenvalue weighted by molar-refractivity contribution is -0.130. The van der Waals surface area contributed by atoms with Crippen molar-refractivity contribution in [2.75, 3.05) is 0 Å². The molecule has 13 heavy (non-hydrogen) atoms. The van der Waals surface area contributed by atoms with Crippen LogP contribution < -0.4 is 0 Å². The van der Waals surface area contributed by atoms with Gasteiger partial charge < -0.3 is 0 Å². The van der Waals surface area contributed by atoms with Gasteiger partial charge in [-0.1, -0.05) is 19.8 Å². The van der Waals surface area contributed by atoms with E-state index in [0.29, 0.717) is 5.78 Å². The molecule has 3 unspecified atom stereocenters. The van der Waals surface area contributed by atoms with E-state index < -0.39 is 0 Å². The van der Waals surface area contributed by atoms with E-state index in [1.54, 1.807) is 0 Å². The van der Waals surface area contributed by atoms with E-state index in [0.717, 1.165) is 18.3 Å². The van der Waals surface area contributed by atoms with Gasteiger partial charge in [-0.15, -0.1) is 0 Å². The Bertz CT molecular complexity index is 221. The van der Waals surface area contributed by atoms with Crippen LogP contribution in [0.3, 0.4) is 0 Å². The van der Waals surface area contributed by atoms with Gasteiger partial charge in [-0.3, -0.25) is 4.79 Å². The Hall–Kier alpha value is -0.330. The average molecular weight is 180 g/mol. The third-order valence-electron chi connectivity index (χ3n) is 4.37. The average Bonchev–Trinajstić information content (AvgIpc) is 2.64. The second-order valence-electron chi connectivity index (χ2n) is 5.04. The van der Waals surface area contributed by atoms with Crippen LogP contribution in [0, 0.1) is 17.3 Å². The van der Waals surface area contributed by atoms with Crippen LogP contribution in [0.2, 0.25) is 0 Å². The molecule has 2 rings (SSSR count). The van der Waals surface area contributed by atoms with Crippen LogP contribution in [0.1, 0.15) is 52.4 Å². The molecule has 1 nitrogen and oxygen atoms in total. The zero-order chi connectivity index (χ0) is 9.47. The van der Waals surface area contributed by atoms with E-state index in [1.165, 1.54) is 32.1 Å². The Labute approximate surface area is 80.9 Å². The molecule has 0 aromatic rings. The summed E-state index contributed by atoms with van der Waals surface area (Å²) in [4.78, 5) is 11.7. The second kappa shape index (κ2) is 3.11. The van der Waals surface area contributed by atoms with Crippen molar-refractivity contribution < 1.29 is 4.79 Å². The van der Waals surface area contributed by atoms with Gasteiger partial charge in [-0.2, -0.15) is 0 Å². The maximum Gasteiger partial charge on any atom is 0.136 e. The minimum absolute atomic E-state index is 0.123. The Morgan fingerprint density at radius 1 is 1.46 bits per heavy atom. The minimum atomic E-state index is 0.123. The van der Waals surface area contributed by atoms with Gasteiger partial charge in [0, 0.05) is 5.41 Å². The molecule has 0 aromatic heterocycles. The normalized spacial score (nSPS) is 42.6. The number of rotatable bonds is 3. The number of carbonyl (C=O) groups is 1. The van der Waals surface area contributed by atoms with E-state index >= 15 is 0 Å². The Morgan fingerprint density at radius 2 is 2.23 bits per heavy atom. The number of ketones is 1. The highest BCUT2D eigenvalue weighted by molar-refractivity contribution is 5.83. The number of hydrogen-bond donors (Lipinski definition) is 0. The Morgan fingerprint density at radius 3 is 2.62 bits per heavy atom. The molecule has 0 amide bonds. The van der Waals surface area contributed by atoms with Crippen LogP contribution in [0.15, 0.2) is 0 Å². The van der Waals surface area contributed by atoms with Gasteiger partial charge in [-0.25, -0.2) is 0 Å². The fourth-order valence-electron chi connectivity index (χ4n) is 3.80. The maximum atomic E-state index is 11.7. The van der Waals surface area contributed by atoms with Crippen LogP contribution >= 0.6 is 0 Å². The van der Waals surface area contributed by atoms with Crippen LogP contribution in [-0.2, 0) is 4.79 Å². The fourth-order valence-corrected chi connectivity index (χ4v) is 3.80. The third kappa shape index (κ3) is 1.24. The lowest BCUT2D eigenvalue weighted by Crippen LogP contribution is -2.34. The molecule has 0 saturated heterocycles. The zero-order valence-corrected chi connectivity index (χ0v) is 8.81. The van der Waals surface area contributed by atoms with Crippen molar-refractivity contribution in [2.24, 2.45) is 17.3 Å². The van der Waals surface area contributed by atoms with E-state index in [2.05, 4.69) is 6.92 Å². The zero-order valence-electron chi connectivity index (χ0n) is 8.81. The monoisotopic (exact) mass is 180 g/mol. The van der Waals surface area contributed by atoms with Gasteiger partial charge in [0.25, 0.3) is 0 Å². The van der Waals surface area contributed by atoms with Crippen molar-refractivity contribution in [1.82, 2.24) is 0 Å². The van der Waals surface area contributed by atoms with Gasteiger partial charge in [0.15, 0.2) is 0 Å². The summed E-state index contributed by atoms with van der Waals surface area (Å²) in [5.74, 6) is 2.11. The first-order valence-electron chi connectivity index (χ1n) is 5.70. The minimum Gasteiger partial charge on any atom is -0.299 e. The topological polar surface area (TPSA) is 17.1 Å². The standard InChI is InChI=1S/C12H20O/c1-3-6-12(9(2)13)8-10-4-5-11(12)7-10/h10-11H,3-8H2,1-2H3. The van der Waals surface area contributed by atoms with Crippen molar-refractivity contribution in [1.29, 1.82) is 0 Å². The lowest BCUT2D eigenvalue weighted by atomic mass is 9.68. The molecule has 0 radical (unpaired) electrons. The maximum absolute atomic E-state index is 11.7. The molecular weight excluding hydrogens is 160 g/mol. The smallest absolute Gasteiger partial charge is 0.136 e. The first-order chi connectivity index (χ1) is 6.19. The van der Waals surface area contributed by atoms with Gasteiger partial charge in [0.2, 0.25) is 0 Å². The summed E-state index contributed by atoms with van der Waals surface area (Å²) in [6, 6.07) is 0. The number of carbonyl (C=O) groups excluding carboxylic acids is 1. The Balaban J connectivity index is 2.20. The summed E-state index contributed by atoms with van der Waals surface area (Å²) in [6.45, 7) is 4.02. The fraction of sp³-hybridized carbons (Fsp3) is 0.917.